The Balaban J connectivity index is 1.71. The first-order valence-corrected chi connectivity index (χ1v) is 8.84. The topological polar surface area (TPSA) is 88.3 Å². The highest BCUT2D eigenvalue weighted by Crippen LogP contribution is 2.24. The van der Waals surface area contributed by atoms with Gasteiger partial charge in [-0.15, -0.1) is 0 Å². The van der Waals surface area contributed by atoms with Crippen molar-refractivity contribution < 1.29 is 19.4 Å². The molecule has 0 radical (unpaired) electrons. The Morgan fingerprint density at radius 3 is 2.80 bits per heavy atom. The van der Waals surface area contributed by atoms with Gasteiger partial charge in [0.1, 0.15) is 5.75 Å². The van der Waals surface area contributed by atoms with E-state index in [0.717, 1.165) is 45.8 Å². The fraction of sp³-hybridized carbons (Fsp3) is 0.588. The van der Waals surface area contributed by atoms with Crippen molar-refractivity contribution in [3.8, 4) is 5.75 Å². The zero-order valence-electron chi connectivity index (χ0n) is 14.3. The van der Waals surface area contributed by atoms with Crippen LogP contribution < -0.4 is 10.5 Å². The van der Waals surface area contributed by atoms with Gasteiger partial charge in [0.25, 0.3) is 0 Å². The molecule has 2 rings (SSSR count). The summed E-state index contributed by atoms with van der Waals surface area (Å²) in [6.07, 6.45) is 0.721. The molecule has 1 aromatic rings. The summed E-state index contributed by atoms with van der Waals surface area (Å²) in [5, 5.41) is 9.65. The summed E-state index contributed by atoms with van der Waals surface area (Å²) in [6, 6.07) is 5.12. The lowest BCUT2D eigenvalue weighted by Crippen LogP contribution is -2.43. The van der Waals surface area contributed by atoms with Gasteiger partial charge in [-0.25, -0.2) is 0 Å². The van der Waals surface area contributed by atoms with E-state index in [2.05, 4.69) is 4.90 Å². The molecule has 0 atom stereocenters. The molecule has 140 valence electrons. The Hall–Kier alpha value is -1.54. The summed E-state index contributed by atoms with van der Waals surface area (Å²) in [7, 11) is 0. The number of anilines is 1. The molecule has 0 aromatic heterocycles. The second kappa shape index (κ2) is 10.5. The van der Waals surface area contributed by atoms with Crippen LogP contribution in [0, 0.1) is 0 Å². The molecule has 1 aromatic carbocycles. The Morgan fingerprint density at radius 2 is 2.12 bits per heavy atom. The van der Waals surface area contributed by atoms with Crippen LogP contribution in [0.3, 0.4) is 0 Å². The molecule has 1 aliphatic heterocycles. The van der Waals surface area contributed by atoms with Crippen molar-refractivity contribution in [3.63, 3.8) is 0 Å². The first-order chi connectivity index (χ1) is 12.0. The van der Waals surface area contributed by atoms with E-state index in [1.54, 1.807) is 18.2 Å². The minimum absolute atomic E-state index is 0.0351. The monoisotopic (exact) mass is 371 g/mol. The smallest absolute Gasteiger partial charge is 0.317 e. The highest BCUT2D eigenvalue weighted by Gasteiger charge is 2.14. The minimum Gasteiger partial charge on any atom is -0.491 e. The van der Waals surface area contributed by atoms with E-state index in [1.165, 1.54) is 0 Å². The number of hydrogen-bond donors (Lipinski definition) is 2. The minimum atomic E-state index is -0.815. The third-order valence-electron chi connectivity index (χ3n) is 4.04. The number of aliphatic carboxylic acids is 1. The number of benzene rings is 1. The second-order valence-corrected chi connectivity index (χ2v) is 6.44. The van der Waals surface area contributed by atoms with Gasteiger partial charge in [-0.3, -0.25) is 14.6 Å². The molecule has 7 nitrogen and oxygen atoms in total. The van der Waals surface area contributed by atoms with Crippen LogP contribution in [0.25, 0.3) is 0 Å². The summed E-state index contributed by atoms with van der Waals surface area (Å²) in [5.41, 5.74) is 6.35. The lowest BCUT2D eigenvalue weighted by atomic mass is 10.3. The lowest BCUT2D eigenvalue weighted by Gasteiger charge is -2.29. The first kappa shape index (κ1) is 19.8. The molecular formula is C17H26ClN3O4. The van der Waals surface area contributed by atoms with Crippen molar-refractivity contribution in [3.05, 3.63) is 23.2 Å². The van der Waals surface area contributed by atoms with Gasteiger partial charge >= 0.3 is 5.97 Å². The summed E-state index contributed by atoms with van der Waals surface area (Å²) in [6.45, 7) is 6.03. The van der Waals surface area contributed by atoms with Gasteiger partial charge in [0.05, 0.1) is 32.1 Å². The number of nitrogens with zero attached hydrogens (tertiary/aromatic N) is 2. The maximum absolute atomic E-state index is 11.1. The van der Waals surface area contributed by atoms with Crippen molar-refractivity contribution in [2.75, 3.05) is 64.8 Å². The average Bonchev–Trinajstić information content (AvgIpc) is 2.58. The van der Waals surface area contributed by atoms with E-state index in [1.807, 2.05) is 4.90 Å². The fourth-order valence-electron chi connectivity index (χ4n) is 2.69. The third kappa shape index (κ3) is 7.48. The van der Waals surface area contributed by atoms with Crippen molar-refractivity contribution in [2.24, 2.45) is 0 Å². The summed E-state index contributed by atoms with van der Waals surface area (Å²) in [4.78, 5) is 15.3. The SMILES string of the molecule is Nc1cc(Cl)ccc1OCCCN(CCN1CCOCC1)CC(=O)O. The number of carboxylic acids is 1. The zero-order chi connectivity index (χ0) is 18.1. The van der Waals surface area contributed by atoms with E-state index >= 15 is 0 Å². The van der Waals surface area contributed by atoms with Crippen molar-refractivity contribution in [2.45, 2.75) is 6.42 Å². The van der Waals surface area contributed by atoms with Crippen LogP contribution in [0.2, 0.25) is 5.02 Å². The Labute approximate surface area is 153 Å². The van der Waals surface area contributed by atoms with E-state index in [-0.39, 0.29) is 6.54 Å². The first-order valence-electron chi connectivity index (χ1n) is 8.46. The number of nitrogen functional groups attached to an aromatic ring is 1. The molecule has 0 bridgehead atoms. The fourth-order valence-corrected chi connectivity index (χ4v) is 2.87. The van der Waals surface area contributed by atoms with Crippen LogP contribution in [-0.2, 0) is 9.53 Å². The number of carboxylic acid groups (broad SMARTS) is 1. The Kier molecular flexibility index (Phi) is 8.27. The zero-order valence-corrected chi connectivity index (χ0v) is 15.1. The lowest BCUT2D eigenvalue weighted by molar-refractivity contribution is -0.138. The van der Waals surface area contributed by atoms with Crippen molar-refractivity contribution >= 4 is 23.3 Å². The van der Waals surface area contributed by atoms with Crippen LogP contribution in [0.15, 0.2) is 18.2 Å². The molecule has 25 heavy (non-hydrogen) atoms. The average molecular weight is 372 g/mol. The molecule has 0 amide bonds. The summed E-state index contributed by atoms with van der Waals surface area (Å²) < 4.78 is 11.0. The quantitative estimate of drug-likeness (QED) is 0.475. The van der Waals surface area contributed by atoms with Crippen LogP contribution in [0.4, 0.5) is 5.69 Å². The Bertz CT molecular complexity index is 553. The van der Waals surface area contributed by atoms with Gasteiger partial charge in [-0.05, 0) is 24.6 Å². The highest BCUT2D eigenvalue weighted by atomic mass is 35.5. The number of rotatable bonds is 10. The molecule has 0 aliphatic carbocycles. The number of hydrogen-bond acceptors (Lipinski definition) is 6. The summed E-state index contributed by atoms with van der Waals surface area (Å²) in [5.74, 6) is -0.215. The predicted molar refractivity (Wildman–Crippen MR) is 97.3 cm³/mol. The molecular weight excluding hydrogens is 346 g/mol. The Morgan fingerprint density at radius 1 is 1.36 bits per heavy atom. The van der Waals surface area contributed by atoms with Gasteiger partial charge in [-0.2, -0.15) is 0 Å². The maximum Gasteiger partial charge on any atom is 0.317 e. The van der Waals surface area contributed by atoms with E-state index in [9.17, 15) is 4.79 Å². The van der Waals surface area contributed by atoms with Crippen LogP contribution >= 0.6 is 11.6 Å². The molecule has 3 N–H and O–H groups in total. The van der Waals surface area contributed by atoms with Crippen molar-refractivity contribution in [1.82, 2.24) is 9.80 Å². The van der Waals surface area contributed by atoms with E-state index in [4.69, 9.17) is 31.9 Å². The van der Waals surface area contributed by atoms with Crippen LogP contribution in [0.1, 0.15) is 6.42 Å². The molecule has 1 saturated heterocycles. The molecule has 1 heterocycles. The molecule has 1 fully saturated rings. The third-order valence-corrected chi connectivity index (χ3v) is 4.28. The maximum atomic E-state index is 11.1. The van der Waals surface area contributed by atoms with Crippen molar-refractivity contribution in [1.29, 1.82) is 0 Å². The van der Waals surface area contributed by atoms with Gasteiger partial charge in [0.15, 0.2) is 0 Å². The standard InChI is InChI=1S/C17H26ClN3O4/c18-14-2-3-16(15(19)12-14)25-9-1-4-21(13-17(22)23)6-5-20-7-10-24-11-8-20/h2-3,12H,1,4-11,13,19H2,(H,22,23). The molecule has 8 heteroatoms. The number of carbonyl (C=O) groups is 1. The number of halogens is 1. The van der Waals surface area contributed by atoms with Crippen LogP contribution in [-0.4, -0.2) is 80.0 Å². The second-order valence-electron chi connectivity index (χ2n) is 6.01. The largest absolute Gasteiger partial charge is 0.491 e. The molecule has 0 spiro atoms. The number of morpholine rings is 1. The van der Waals surface area contributed by atoms with Gasteiger partial charge in [0, 0.05) is 37.7 Å². The van der Waals surface area contributed by atoms with Gasteiger partial charge in [0.2, 0.25) is 0 Å². The molecule has 0 saturated carbocycles. The molecule has 1 aliphatic rings. The van der Waals surface area contributed by atoms with E-state index < -0.39 is 5.97 Å². The normalized spacial score (nSPS) is 15.4. The number of ether oxygens (including phenoxy) is 2. The van der Waals surface area contributed by atoms with Gasteiger partial charge in [-0.1, -0.05) is 11.6 Å². The van der Waals surface area contributed by atoms with Crippen LogP contribution in [0.5, 0.6) is 5.75 Å². The highest BCUT2D eigenvalue weighted by molar-refractivity contribution is 6.30. The molecule has 0 unspecified atom stereocenters. The number of nitrogens with two attached hydrogens (primary N) is 1. The van der Waals surface area contributed by atoms with E-state index in [0.29, 0.717) is 29.6 Å². The summed E-state index contributed by atoms with van der Waals surface area (Å²) >= 11 is 5.86. The predicted octanol–water partition coefficient (Wildman–Crippen LogP) is 1.41. The van der Waals surface area contributed by atoms with Gasteiger partial charge < -0.3 is 20.3 Å².